The SMILES string of the molecule is NC(=O)c1cccn(Cc2ccc(C(F)(F)F)cc2)c1=O. The largest absolute Gasteiger partial charge is 0.416 e. The summed E-state index contributed by atoms with van der Waals surface area (Å²) in [6.07, 6.45) is -2.96. The lowest BCUT2D eigenvalue weighted by Crippen LogP contribution is -2.29. The summed E-state index contributed by atoms with van der Waals surface area (Å²) in [5.41, 5.74) is 4.07. The van der Waals surface area contributed by atoms with Crippen molar-refractivity contribution in [3.63, 3.8) is 0 Å². The van der Waals surface area contributed by atoms with Crippen molar-refractivity contribution in [3.05, 3.63) is 69.6 Å². The first-order valence-electron chi connectivity index (χ1n) is 5.94. The van der Waals surface area contributed by atoms with Gasteiger partial charge in [0, 0.05) is 6.20 Å². The molecule has 4 nitrogen and oxygen atoms in total. The molecular formula is C14H11F3N2O2. The van der Waals surface area contributed by atoms with E-state index in [1.165, 1.54) is 35.0 Å². The van der Waals surface area contributed by atoms with Gasteiger partial charge in [-0.15, -0.1) is 0 Å². The molecule has 1 amide bonds. The minimum Gasteiger partial charge on any atom is -0.365 e. The molecule has 1 heterocycles. The van der Waals surface area contributed by atoms with Crippen molar-refractivity contribution in [3.8, 4) is 0 Å². The van der Waals surface area contributed by atoms with Crippen LogP contribution in [-0.4, -0.2) is 10.5 Å². The van der Waals surface area contributed by atoms with Gasteiger partial charge in [-0.25, -0.2) is 0 Å². The molecular weight excluding hydrogens is 285 g/mol. The Balaban J connectivity index is 2.29. The molecule has 7 heteroatoms. The molecule has 0 saturated heterocycles. The number of alkyl halides is 3. The number of aromatic nitrogens is 1. The molecule has 0 radical (unpaired) electrons. The first-order chi connectivity index (χ1) is 9.79. The molecule has 0 saturated carbocycles. The molecule has 0 fully saturated rings. The first kappa shape index (κ1) is 14.8. The summed E-state index contributed by atoms with van der Waals surface area (Å²) in [5, 5.41) is 0. The Labute approximate surface area is 117 Å². The minimum atomic E-state index is -4.40. The van der Waals surface area contributed by atoms with E-state index in [-0.39, 0.29) is 12.1 Å². The van der Waals surface area contributed by atoms with Gasteiger partial charge in [0.15, 0.2) is 0 Å². The van der Waals surface area contributed by atoms with Crippen LogP contribution in [0.15, 0.2) is 47.4 Å². The molecule has 21 heavy (non-hydrogen) atoms. The van der Waals surface area contributed by atoms with Gasteiger partial charge in [-0.05, 0) is 29.8 Å². The van der Waals surface area contributed by atoms with Gasteiger partial charge in [0.1, 0.15) is 5.56 Å². The molecule has 110 valence electrons. The van der Waals surface area contributed by atoms with Gasteiger partial charge >= 0.3 is 6.18 Å². The highest BCUT2D eigenvalue weighted by Crippen LogP contribution is 2.29. The number of nitrogens with two attached hydrogens (primary N) is 1. The van der Waals surface area contributed by atoms with Crippen LogP contribution in [0.4, 0.5) is 13.2 Å². The van der Waals surface area contributed by atoms with Crippen LogP contribution < -0.4 is 11.3 Å². The van der Waals surface area contributed by atoms with Crippen LogP contribution in [0, 0.1) is 0 Å². The van der Waals surface area contributed by atoms with E-state index in [9.17, 15) is 22.8 Å². The normalized spacial score (nSPS) is 11.4. The minimum absolute atomic E-state index is 0.0537. The summed E-state index contributed by atoms with van der Waals surface area (Å²) in [6, 6.07) is 7.23. The number of nitrogens with zero attached hydrogens (tertiary/aromatic N) is 1. The Hall–Kier alpha value is -2.57. The molecule has 2 aromatic rings. The molecule has 2 N–H and O–H groups in total. The van der Waals surface area contributed by atoms with Gasteiger partial charge in [-0.2, -0.15) is 13.2 Å². The number of pyridine rings is 1. The number of hydrogen-bond acceptors (Lipinski definition) is 2. The Morgan fingerprint density at radius 1 is 1.14 bits per heavy atom. The van der Waals surface area contributed by atoms with E-state index in [4.69, 9.17) is 5.73 Å². The number of primary amides is 1. The maximum Gasteiger partial charge on any atom is 0.416 e. The average molecular weight is 296 g/mol. The molecule has 2 rings (SSSR count). The molecule has 0 aliphatic rings. The van der Waals surface area contributed by atoms with Gasteiger partial charge < -0.3 is 10.3 Å². The molecule has 0 aliphatic carbocycles. The quantitative estimate of drug-likeness (QED) is 0.941. The second-order valence-corrected chi connectivity index (χ2v) is 4.41. The lowest BCUT2D eigenvalue weighted by Gasteiger charge is -2.09. The summed E-state index contributed by atoms with van der Waals surface area (Å²) in [6.45, 7) is 0.0537. The number of halogens is 3. The lowest BCUT2D eigenvalue weighted by atomic mass is 10.1. The Morgan fingerprint density at radius 2 is 1.76 bits per heavy atom. The highest BCUT2D eigenvalue weighted by atomic mass is 19.4. The van der Waals surface area contributed by atoms with Crippen molar-refractivity contribution in [1.29, 1.82) is 0 Å². The zero-order valence-electron chi connectivity index (χ0n) is 10.7. The number of hydrogen-bond donors (Lipinski definition) is 1. The molecule has 0 spiro atoms. The number of carbonyl (C=O) groups excluding carboxylic acids is 1. The average Bonchev–Trinajstić information content (AvgIpc) is 2.40. The summed E-state index contributed by atoms with van der Waals surface area (Å²) in [7, 11) is 0. The zero-order chi connectivity index (χ0) is 15.6. The lowest BCUT2D eigenvalue weighted by molar-refractivity contribution is -0.137. The van der Waals surface area contributed by atoms with E-state index in [0.29, 0.717) is 5.56 Å². The Morgan fingerprint density at radius 3 is 2.29 bits per heavy atom. The van der Waals surface area contributed by atoms with E-state index < -0.39 is 23.2 Å². The predicted molar refractivity (Wildman–Crippen MR) is 69.8 cm³/mol. The van der Waals surface area contributed by atoms with E-state index in [1.54, 1.807) is 0 Å². The van der Waals surface area contributed by atoms with Gasteiger partial charge in [-0.1, -0.05) is 12.1 Å². The van der Waals surface area contributed by atoms with Crippen LogP contribution in [0.25, 0.3) is 0 Å². The fourth-order valence-electron chi connectivity index (χ4n) is 1.84. The van der Waals surface area contributed by atoms with Crippen LogP contribution in [-0.2, 0) is 12.7 Å². The monoisotopic (exact) mass is 296 g/mol. The fraction of sp³-hybridized carbons (Fsp3) is 0.143. The van der Waals surface area contributed by atoms with Crippen molar-refractivity contribution >= 4 is 5.91 Å². The van der Waals surface area contributed by atoms with Crippen molar-refractivity contribution in [2.45, 2.75) is 12.7 Å². The van der Waals surface area contributed by atoms with Crippen molar-refractivity contribution < 1.29 is 18.0 Å². The van der Waals surface area contributed by atoms with Crippen LogP contribution in [0.1, 0.15) is 21.5 Å². The first-order valence-corrected chi connectivity index (χ1v) is 5.94. The summed E-state index contributed by atoms with van der Waals surface area (Å²) >= 11 is 0. The number of rotatable bonds is 3. The molecule has 0 atom stereocenters. The Kier molecular flexibility index (Phi) is 3.84. The van der Waals surface area contributed by atoms with E-state index in [2.05, 4.69) is 0 Å². The fourth-order valence-corrected chi connectivity index (χ4v) is 1.84. The van der Waals surface area contributed by atoms with Crippen LogP contribution in [0.5, 0.6) is 0 Å². The zero-order valence-corrected chi connectivity index (χ0v) is 10.7. The molecule has 1 aromatic heterocycles. The smallest absolute Gasteiger partial charge is 0.365 e. The van der Waals surface area contributed by atoms with Gasteiger partial charge in [0.05, 0.1) is 12.1 Å². The third kappa shape index (κ3) is 3.31. The van der Waals surface area contributed by atoms with Gasteiger partial charge in [0.2, 0.25) is 0 Å². The maximum atomic E-state index is 12.4. The van der Waals surface area contributed by atoms with E-state index >= 15 is 0 Å². The van der Waals surface area contributed by atoms with Crippen LogP contribution in [0.2, 0.25) is 0 Å². The van der Waals surface area contributed by atoms with Crippen molar-refractivity contribution in [2.24, 2.45) is 5.73 Å². The molecule has 0 aliphatic heterocycles. The van der Waals surface area contributed by atoms with Gasteiger partial charge in [0.25, 0.3) is 11.5 Å². The standard InChI is InChI=1S/C14H11F3N2O2/c15-14(16,17)10-5-3-9(4-6-10)8-19-7-1-2-11(12(18)20)13(19)21/h1-7H,8H2,(H2,18,20). The highest BCUT2D eigenvalue weighted by Gasteiger charge is 2.29. The van der Waals surface area contributed by atoms with E-state index in [1.807, 2.05) is 0 Å². The summed E-state index contributed by atoms with van der Waals surface area (Å²) < 4.78 is 38.5. The van der Waals surface area contributed by atoms with Crippen molar-refractivity contribution in [2.75, 3.05) is 0 Å². The van der Waals surface area contributed by atoms with Gasteiger partial charge in [-0.3, -0.25) is 9.59 Å². The molecule has 1 aromatic carbocycles. The highest BCUT2D eigenvalue weighted by molar-refractivity contribution is 5.92. The summed E-state index contributed by atoms with van der Waals surface area (Å²) in [5.74, 6) is -0.846. The number of carbonyl (C=O) groups is 1. The molecule has 0 bridgehead atoms. The van der Waals surface area contributed by atoms with Crippen molar-refractivity contribution in [1.82, 2.24) is 4.57 Å². The second kappa shape index (κ2) is 5.43. The van der Waals surface area contributed by atoms with Crippen LogP contribution in [0.3, 0.4) is 0 Å². The number of amides is 1. The third-order valence-corrected chi connectivity index (χ3v) is 2.92. The third-order valence-electron chi connectivity index (χ3n) is 2.92. The molecule has 0 unspecified atom stereocenters. The Bertz CT molecular complexity index is 718. The second-order valence-electron chi connectivity index (χ2n) is 4.41. The van der Waals surface area contributed by atoms with Crippen LogP contribution >= 0.6 is 0 Å². The van der Waals surface area contributed by atoms with E-state index in [0.717, 1.165) is 12.1 Å². The topological polar surface area (TPSA) is 65.1 Å². The number of benzene rings is 1. The maximum absolute atomic E-state index is 12.4. The predicted octanol–water partition coefficient (Wildman–Crippen LogP) is 2.01. The summed E-state index contributed by atoms with van der Waals surface area (Å²) in [4.78, 5) is 23.0.